The van der Waals surface area contributed by atoms with Gasteiger partial charge >= 0.3 is 6.03 Å². The molecule has 0 unspecified atom stereocenters. The summed E-state index contributed by atoms with van der Waals surface area (Å²) in [5.41, 5.74) is 6.04. The zero-order valence-corrected chi connectivity index (χ0v) is 13.7. The zero-order chi connectivity index (χ0) is 16.8. The average molecular weight is 336 g/mol. The molecule has 7 heteroatoms. The monoisotopic (exact) mass is 335 g/mol. The van der Waals surface area contributed by atoms with E-state index in [2.05, 4.69) is 16.2 Å². The Labute approximate surface area is 139 Å². The van der Waals surface area contributed by atoms with Crippen LogP contribution in [0.15, 0.2) is 34.7 Å². The molecule has 3 N–H and O–H groups in total. The summed E-state index contributed by atoms with van der Waals surface area (Å²) in [6.45, 7) is 3.86. The Morgan fingerprint density at radius 1 is 1.17 bits per heavy atom. The van der Waals surface area contributed by atoms with Gasteiger partial charge in [0, 0.05) is 11.6 Å². The lowest BCUT2D eigenvalue weighted by molar-refractivity contribution is 0.0934. The number of amides is 3. The van der Waals surface area contributed by atoms with Gasteiger partial charge in [-0.25, -0.2) is 10.2 Å². The summed E-state index contributed by atoms with van der Waals surface area (Å²) >= 11 is 5.89. The Kier molecular flexibility index (Phi) is 5.65. The summed E-state index contributed by atoms with van der Waals surface area (Å²) in [6, 6.07) is 8.54. The van der Waals surface area contributed by atoms with Crippen LogP contribution in [-0.2, 0) is 6.42 Å². The number of urea groups is 1. The van der Waals surface area contributed by atoms with E-state index >= 15 is 0 Å². The molecule has 0 aliphatic rings. The minimum absolute atomic E-state index is 0.390. The van der Waals surface area contributed by atoms with Crippen LogP contribution in [0.2, 0.25) is 5.02 Å². The quantitative estimate of drug-likeness (QED) is 0.751. The minimum Gasteiger partial charge on any atom is -0.466 e. The van der Waals surface area contributed by atoms with Crippen molar-refractivity contribution in [3.05, 3.63) is 58.0 Å². The molecule has 0 aliphatic heterocycles. The van der Waals surface area contributed by atoms with Crippen molar-refractivity contribution in [3.8, 4) is 0 Å². The molecule has 23 heavy (non-hydrogen) atoms. The molecule has 0 fully saturated rings. The van der Waals surface area contributed by atoms with Gasteiger partial charge in [0.2, 0.25) is 0 Å². The van der Waals surface area contributed by atoms with E-state index in [1.54, 1.807) is 26.0 Å². The zero-order valence-electron chi connectivity index (χ0n) is 12.9. The van der Waals surface area contributed by atoms with Crippen LogP contribution in [0.5, 0.6) is 0 Å². The second kappa shape index (κ2) is 7.69. The molecule has 2 rings (SSSR count). The maximum absolute atomic E-state index is 11.9. The number of halogens is 1. The van der Waals surface area contributed by atoms with Crippen LogP contribution in [0.25, 0.3) is 0 Å². The number of carbonyl (C=O) groups excluding carboxylic acids is 2. The van der Waals surface area contributed by atoms with Crippen molar-refractivity contribution in [2.24, 2.45) is 0 Å². The van der Waals surface area contributed by atoms with Gasteiger partial charge in [0.1, 0.15) is 11.5 Å². The summed E-state index contributed by atoms with van der Waals surface area (Å²) < 4.78 is 5.27. The van der Waals surface area contributed by atoms with E-state index in [9.17, 15) is 9.59 Å². The van der Waals surface area contributed by atoms with E-state index < -0.39 is 11.9 Å². The second-order valence-electron chi connectivity index (χ2n) is 5.04. The van der Waals surface area contributed by atoms with Gasteiger partial charge in [-0.15, -0.1) is 0 Å². The Bertz CT molecular complexity index is 712. The molecule has 1 aromatic carbocycles. The van der Waals surface area contributed by atoms with Gasteiger partial charge in [-0.1, -0.05) is 23.7 Å². The highest BCUT2D eigenvalue weighted by atomic mass is 35.5. The molecule has 0 saturated carbocycles. The number of hydrogen-bond donors (Lipinski definition) is 3. The van der Waals surface area contributed by atoms with Gasteiger partial charge < -0.3 is 9.73 Å². The Balaban J connectivity index is 1.73. The predicted molar refractivity (Wildman–Crippen MR) is 87.3 cm³/mol. The summed E-state index contributed by atoms with van der Waals surface area (Å²) in [7, 11) is 0. The van der Waals surface area contributed by atoms with Crippen LogP contribution < -0.4 is 16.2 Å². The topological polar surface area (TPSA) is 83.4 Å². The fourth-order valence-electron chi connectivity index (χ4n) is 2.09. The minimum atomic E-state index is -0.488. The van der Waals surface area contributed by atoms with Crippen LogP contribution in [0.4, 0.5) is 4.79 Å². The molecular weight excluding hydrogens is 318 g/mol. The van der Waals surface area contributed by atoms with Crippen LogP contribution in [0.1, 0.15) is 27.4 Å². The van der Waals surface area contributed by atoms with Crippen molar-refractivity contribution in [3.63, 3.8) is 0 Å². The Morgan fingerprint density at radius 2 is 1.96 bits per heavy atom. The number of aryl methyl sites for hydroxylation is 2. The molecule has 122 valence electrons. The molecule has 0 radical (unpaired) electrons. The third-order valence-corrected chi connectivity index (χ3v) is 3.40. The highest BCUT2D eigenvalue weighted by Gasteiger charge is 2.13. The SMILES string of the molecule is Cc1cc(C(=O)NNC(=O)NCCc2cccc(Cl)c2)c(C)o1. The third kappa shape index (κ3) is 5.03. The van der Waals surface area contributed by atoms with Crippen LogP contribution in [-0.4, -0.2) is 18.5 Å². The molecule has 0 atom stereocenters. The Morgan fingerprint density at radius 3 is 2.61 bits per heavy atom. The van der Waals surface area contributed by atoms with E-state index in [1.807, 2.05) is 18.2 Å². The van der Waals surface area contributed by atoms with E-state index in [-0.39, 0.29) is 0 Å². The first-order chi connectivity index (χ1) is 11.0. The van der Waals surface area contributed by atoms with Crippen molar-refractivity contribution >= 4 is 23.5 Å². The molecule has 0 aliphatic carbocycles. The largest absolute Gasteiger partial charge is 0.466 e. The number of hydrazine groups is 1. The van der Waals surface area contributed by atoms with Gasteiger partial charge in [0.05, 0.1) is 5.56 Å². The summed E-state index contributed by atoms with van der Waals surface area (Å²) in [6.07, 6.45) is 0.641. The molecule has 6 nitrogen and oxygen atoms in total. The summed E-state index contributed by atoms with van der Waals surface area (Å²) in [5, 5.41) is 3.30. The predicted octanol–water partition coefficient (Wildman–Crippen LogP) is 2.74. The molecule has 2 aromatic rings. The number of nitrogens with one attached hydrogen (secondary N) is 3. The molecule has 1 aromatic heterocycles. The first-order valence-electron chi connectivity index (χ1n) is 7.11. The molecule has 3 amide bonds. The first kappa shape index (κ1) is 16.9. The highest BCUT2D eigenvalue weighted by Crippen LogP contribution is 2.13. The highest BCUT2D eigenvalue weighted by molar-refractivity contribution is 6.30. The molecule has 0 spiro atoms. The standard InChI is InChI=1S/C16H18ClN3O3/c1-10-8-14(11(2)23-10)15(21)19-20-16(22)18-7-6-12-4-3-5-13(17)9-12/h3-5,8-9H,6-7H2,1-2H3,(H,19,21)(H2,18,20,22). The summed E-state index contributed by atoms with van der Waals surface area (Å²) in [5.74, 6) is 0.714. The van der Waals surface area contributed by atoms with Crippen molar-refractivity contribution in [1.82, 2.24) is 16.2 Å². The van der Waals surface area contributed by atoms with Gasteiger partial charge in [-0.05, 0) is 44.0 Å². The maximum Gasteiger partial charge on any atom is 0.333 e. The van der Waals surface area contributed by atoms with E-state index in [1.165, 1.54) is 0 Å². The third-order valence-electron chi connectivity index (χ3n) is 3.16. The molecule has 0 bridgehead atoms. The van der Waals surface area contributed by atoms with Crippen LogP contribution in [0, 0.1) is 13.8 Å². The second-order valence-corrected chi connectivity index (χ2v) is 5.48. The van der Waals surface area contributed by atoms with Crippen molar-refractivity contribution < 1.29 is 14.0 Å². The number of benzene rings is 1. The maximum atomic E-state index is 11.9. The lowest BCUT2D eigenvalue weighted by Gasteiger charge is -2.08. The van der Waals surface area contributed by atoms with Crippen molar-refractivity contribution in [2.45, 2.75) is 20.3 Å². The lowest BCUT2D eigenvalue weighted by atomic mass is 10.1. The Hall–Kier alpha value is -2.47. The summed E-state index contributed by atoms with van der Waals surface area (Å²) in [4.78, 5) is 23.5. The van der Waals surface area contributed by atoms with E-state index in [0.717, 1.165) is 5.56 Å². The normalized spacial score (nSPS) is 10.2. The molecule has 0 saturated heterocycles. The van der Waals surface area contributed by atoms with Gasteiger partial charge in [0.15, 0.2) is 0 Å². The van der Waals surface area contributed by atoms with Gasteiger partial charge in [-0.2, -0.15) is 0 Å². The average Bonchev–Trinajstić information content (AvgIpc) is 2.84. The first-order valence-corrected chi connectivity index (χ1v) is 7.49. The van der Waals surface area contributed by atoms with E-state index in [4.69, 9.17) is 16.0 Å². The smallest absolute Gasteiger partial charge is 0.333 e. The van der Waals surface area contributed by atoms with Crippen molar-refractivity contribution in [2.75, 3.05) is 6.54 Å². The number of furan rings is 1. The van der Waals surface area contributed by atoms with E-state index in [0.29, 0.717) is 35.1 Å². The number of rotatable bonds is 4. The van der Waals surface area contributed by atoms with Crippen molar-refractivity contribution in [1.29, 1.82) is 0 Å². The molecule has 1 heterocycles. The van der Waals surface area contributed by atoms with Crippen LogP contribution in [0.3, 0.4) is 0 Å². The number of hydrogen-bond acceptors (Lipinski definition) is 3. The van der Waals surface area contributed by atoms with Crippen LogP contribution >= 0.6 is 11.6 Å². The van der Waals surface area contributed by atoms with Gasteiger partial charge in [0.25, 0.3) is 5.91 Å². The molecular formula is C16H18ClN3O3. The fraction of sp³-hybridized carbons (Fsp3) is 0.250. The fourth-order valence-corrected chi connectivity index (χ4v) is 2.31. The number of carbonyl (C=O) groups is 2. The lowest BCUT2D eigenvalue weighted by Crippen LogP contribution is -2.47. The van der Waals surface area contributed by atoms with Gasteiger partial charge in [-0.3, -0.25) is 10.2 Å².